The van der Waals surface area contributed by atoms with Crippen LogP contribution in [0.15, 0.2) is 6.20 Å². The van der Waals surface area contributed by atoms with E-state index in [0.29, 0.717) is 24.7 Å². The van der Waals surface area contributed by atoms with E-state index in [4.69, 9.17) is 0 Å². The fraction of sp³-hybridized carbons (Fsp3) is 0.667. The number of hydrogen-bond acceptors (Lipinski definition) is 3. The van der Waals surface area contributed by atoms with Crippen LogP contribution in [0.4, 0.5) is 13.2 Å². The van der Waals surface area contributed by atoms with Crippen LogP contribution in [0.2, 0.25) is 0 Å². The first-order valence-electron chi connectivity index (χ1n) is 9.16. The molecular weight excluding hydrogens is 343 g/mol. The Labute approximate surface area is 151 Å². The van der Waals surface area contributed by atoms with Gasteiger partial charge < -0.3 is 9.88 Å². The minimum absolute atomic E-state index is 0.309. The van der Waals surface area contributed by atoms with Crippen LogP contribution in [-0.4, -0.2) is 25.9 Å². The molecule has 0 unspecified atom stereocenters. The molecule has 1 aliphatic heterocycles. The van der Waals surface area contributed by atoms with Crippen molar-refractivity contribution in [2.75, 3.05) is 6.54 Å². The van der Waals surface area contributed by atoms with E-state index in [2.05, 4.69) is 29.2 Å². The lowest BCUT2D eigenvalue weighted by atomic mass is 9.99. The van der Waals surface area contributed by atoms with Gasteiger partial charge in [0.2, 0.25) is 0 Å². The van der Waals surface area contributed by atoms with Gasteiger partial charge in [-0.3, -0.25) is 4.68 Å². The SMILES string of the molecule is CCCn1nc(C)c(CNC[C@@H]2CCc3nc(C(F)(F)F)cn3C2)c1C. The molecule has 3 heterocycles. The predicted molar refractivity (Wildman–Crippen MR) is 92.7 cm³/mol. The number of aromatic nitrogens is 4. The second-order valence-electron chi connectivity index (χ2n) is 7.10. The Kier molecular flexibility index (Phi) is 5.41. The topological polar surface area (TPSA) is 47.7 Å². The van der Waals surface area contributed by atoms with Crippen molar-refractivity contribution in [3.05, 3.63) is 34.7 Å². The zero-order chi connectivity index (χ0) is 18.9. The fourth-order valence-corrected chi connectivity index (χ4v) is 3.64. The van der Waals surface area contributed by atoms with Gasteiger partial charge in [0.05, 0.1) is 5.69 Å². The van der Waals surface area contributed by atoms with Crippen LogP contribution < -0.4 is 5.32 Å². The van der Waals surface area contributed by atoms with Crippen LogP contribution in [-0.2, 0) is 32.2 Å². The zero-order valence-electron chi connectivity index (χ0n) is 15.5. The number of nitrogens with zero attached hydrogens (tertiary/aromatic N) is 4. The monoisotopic (exact) mass is 369 g/mol. The average Bonchev–Trinajstić information content (AvgIpc) is 3.11. The van der Waals surface area contributed by atoms with Crippen LogP contribution in [0.1, 0.15) is 48.2 Å². The van der Waals surface area contributed by atoms with E-state index in [1.807, 2.05) is 11.6 Å². The van der Waals surface area contributed by atoms with Gasteiger partial charge >= 0.3 is 6.18 Å². The summed E-state index contributed by atoms with van der Waals surface area (Å²) in [4.78, 5) is 3.73. The van der Waals surface area contributed by atoms with E-state index in [9.17, 15) is 13.2 Å². The highest BCUT2D eigenvalue weighted by Crippen LogP contribution is 2.30. The summed E-state index contributed by atoms with van der Waals surface area (Å²) in [5.41, 5.74) is 2.67. The molecule has 3 rings (SSSR count). The summed E-state index contributed by atoms with van der Waals surface area (Å²) in [5.74, 6) is 0.852. The van der Waals surface area contributed by atoms with E-state index in [1.165, 1.54) is 11.3 Å². The molecule has 0 fully saturated rings. The Morgan fingerprint density at radius 3 is 2.77 bits per heavy atom. The van der Waals surface area contributed by atoms with Crippen LogP contribution in [0.3, 0.4) is 0 Å². The third-order valence-corrected chi connectivity index (χ3v) is 5.08. The maximum atomic E-state index is 12.8. The number of halogens is 3. The van der Waals surface area contributed by atoms with Crippen LogP contribution in [0.25, 0.3) is 0 Å². The van der Waals surface area contributed by atoms with E-state index < -0.39 is 11.9 Å². The van der Waals surface area contributed by atoms with E-state index in [-0.39, 0.29) is 0 Å². The third kappa shape index (κ3) is 3.95. The average molecular weight is 369 g/mol. The van der Waals surface area contributed by atoms with Gasteiger partial charge in [-0.15, -0.1) is 0 Å². The van der Waals surface area contributed by atoms with E-state index >= 15 is 0 Å². The molecule has 26 heavy (non-hydrogen) atoms. The molecule has 1 N–H and O–H groups in total. The van der Waals surface area contributed by atoms with Crippen molar-refractivity contribution in [2.45, 2.75) is 65.8 Å². The number of aryl methyl sites for hydroxylation is 3. The van der Waals surface area contributed by atoms with E-state index in [0.717, 1.165) is 44.4 Å². The summed E-state index contributed by atoms with van der Waals surface area (Å²) in [6, 6.07) is 0. The Bertz CT molecular complexity index is 760. The van der Waals surface area contributed by atoms with Crippen molar-refractivity contribution in [2.24, 2.45) is 5.92 Å². The largest absolute Gasteiger partial charge is 0.434 e. The quantitative estimate of drug-likeness (QED) is 0.848. The molecule has 5 nitrogen and oxygen atoms in total. The molecular formula is C18H26F3N5. The molecule has 0 aromatic carbocycles. The highest BCUT2D eigenvalue weighted by Gasteiger charge is 2.35. The minimum Gasteiger partial charge on any atom is -0.334 e. The lowest BCUT2D eigenvalue weighted by Gasteiger charge is -2.24. The molecule has 8 heteroatoms. The Balaban J connectivity index is 1.56. The van der Waals surface area contributed by atoms with Gasteiger partial charge in [0, 0.05) is 43.5 Å². The number of alkyl halides is 3. The van der Waals surface area contributed by atoms with Crippen molar-refractivity contribution in [3.8, 4) is 0 Å². The normalized spacial score (nSPS) is 17.5. The molecule has 2 aromatic heterocycles. The molecule has 0 amide bonds. The van der Waals surface area contributed by atoms with Crippen LogP contribution in [0, 0.1) is 19.8 Å². The van der Waals surface area contributed by atoms with Crippen LogP contribution >= 0.6 is 0 Å². The van der Waals surface area contributed by atoms with Gasteiger partial charge in [0.15, 0.2) is 5.69 Å². The fourth-order valence-electron chi connectivity index (χ4n) is 3.64. The molecule has 1 atom stereocenters. The van der Waals surface area contributed by atoms with Gasteiger partial charge in [0.25, 0.3) is 0 Å². The third-order valence-electron chi connectivity index (χ3n) is 5.08. The lowest BCUT2D eigenvalue weighted by Crippen LogP contribution is -2.30. The number of hydrogen-bond donors (Lipinski definition) is 1. The Morgan fingerprint density at radius 1 is 1.31 bits per heavy atom. The van der Waals surface area contributed by atoms with Gasteiger partial charge in [-0.1, -0.05) is 6.92 Å². The minimum atomic E-state index is -4.37. The Morgan fingerprint density at radius 2 is 2.08 bits per heavy atom. The van der Waals surface area contributed by atoms with Gasteiger partial charge in [-0.05, 0) is 39.2 Å². The van der Waals surface area contributed by atoms with Crippen molar-refractivity contribution < 1.29 is 13.2 Å². The molecule has 0 bridgehead atoms. The maximum Gasteiger partial charge on any atom is 0.434 e. The van der Waals surface area contributed by atoms with Crippen molar-refractivity contribution in [1.29, 1.82) is 0 Å². The number of fused-ring (bicyclic) bond motifs is 1. The highest BCUT2D eigenvalue weighted by molar-refractivity contribution is 5.24. The summed E-state index contributed by atoms with van der Waals surface area (Å²) in [6.07, 6.45) is -0.732. The second kappa shape index (κ2) is 7.42. The van der Waals surface area contributed by atoms with Crippen LogP contribution in [0.5, 0.6) is 0 Å². The summed E-state index contributed by atoms with van der Waals surface area (Å²) in [5, 5.41) is 8.05. The van der Waals surface area contributed by atoms with Crippen molar-refractivity contribution in [3.63, 3.8) is 0 Å². The smallest absolute Gasteiger partial charge is 0.334 e. The molecule has 0 radical (unpaired) electrons. The summed E-state index contributed by atoms with van der Waals surface area (Å²) >= 11 is 0. The number of nitrogens with one attached hydrogen (secondary N) is 1. The first-order valence-corrected chi connectivity index (χ1v) is 9.16. The first-order chi connectivity index (χ1) is 12.3. The van der Waals surface area contributed by atoms with Crippen molar-refractivity contribution >= 4 is 0 Å². The molecule has 0 saturated heterocycles. The number of imidazole rings is 1. The molecule has 144 valence electrons. The zero-order valence-corrected chi connectivity index (χ0v) is 15.5. The summed E-state index contributed by atoms with van der Waals surface area (Å²) in [6.45, 7) is 9.25. The maximum absolute atomic E-state index is 12.8. The Hall–Kier alpha value is -1.83. The lowest BCUT2D eigenvalue weighted by molar-refractivity contribution is -0.141. The van der Waals surface area contributed by atoms with E-state index in [1.54, 1.807) is 4.57 Å². The standard InChI is InChI=1S/C18H26F3N5/c1-4-7-26-13(3)15(12(2)24-26)9-22-8-14-5-6-17-23-16(18(19,20)21)11-25(17)10-14/h11,14,22H,4-10H2,1-3H3/t14-/m0/s1. The second-order valence-corrected chi connectivity index (χ2v) is 7.10. The van der Waals surface area contributed by atoms with Gasteiger partial charge in [-0.25, -0.2) is 4.98 Å². The molecule has 2 aromatic rings. The molecule has 1 aliphatic rings. The molecule has 0 saturated carbocycles. The number of rotatable bonds is 6. The highest BCUT2D eigenvalue weighted by atomic mass is 19.4. The predicted octanol–water partition coefficient (Wildman–Crippen LogP) is 3.48. The molecule has 0 spiro atoms. The summed E-state index contributed by atoms with van der Waals surface area (Å²) < 4.78 is 42.1. The van der Waals surface area contributed by atoms with Crippen molar-refractivity contribution in [1.82, 2.24) is 24.6 Å². The van der Waals surface area contributed by atoms with Gasteiger partial charge in [-0.2, -0.15) is 18.3 Å². The molecule has 0 aliphatic carbocycles. The summed E-state index contributed by atoms with van der Waals surface area (Å²) in [7, 11) is 0. The van der Waals surface area contributed by atoms with Gasteiger partial charge in [0.1, 0.15) is 5.82 Å². The first kappa shape index (κ1) is 18.9.